The van der Waals surface area contributed by atoms with E-state index in [0.29, 0.717) is 12.0 Å². The second-order valence-corrected chi connectivity index (χ2v) is 5.72. The summed E-state index contributed by atoms with van der Waals surface area (Å²) in [5.74, 6) is -1.13. The molecule has 4 heteroatoms. The lowest BCUT2D eigenvalue weighted by molar-refractivity contribution is -0.0755. The molecule has 1 aliphatic carbocycles. The Morgan fingerprint density at radius 3 is 2.28 bits per heavy atom. The van der Waals surface area contributed by atoms with Gasteiger partial charge in [0.1, 0.15) is 11.6 Å². The highest BCUT2D eigenvalue weighted by molar-refractivity contribution is 5.21. The third-order valence-corrected chi connectivity index (χ3v) is 4.05. The average Bonchev–Trinajstić information content (AvgIpc) is 2.27. The van der Waals surface area contributed by atoms with Gasteiger partial charge >= 0.3 is 0 Å². The number of aliphatic hydroxyl groups excluding tert-OH is 1. The van der Waals surface area contributed by atoms with Crippen LogP contribution in [-0.2, 0) is 0 Å². The molecule has 1 aromatic rings. The largest absolute Gasteiger partial charge is 0.392 e. The van der Waals surface area contributed by atoms with Gasteiger partial charge in [-0.1, -0.05) is 13.8 Å². The highest BCUT2D eigenvalue weighted by Crippen LogP contribution is 2.41. The maximum atomic E-state index is 13.1. The van der Waals surface area contributed by atoms with Crippen molar-refractivity contribution >= 4 is 0 Å². The van der Waals surface area contributed by atoms with Crippen LogP contribution in [0.2, 0.25) is 0 Å². The minimum atomic E-state index is -0.563. The van der Waals surface area contributed by atoms with Crippen LogP contribution in [0.1, 0.15) is 38.8 Å². The van der Waals surface area contributed by atoms with E-state index in [1.807, 2.05) is 20.8 Å². The van der Waals surface area contributed by atoms with Gasteiger partial charge in [-0.05, 0) is 31.0 Å². The lowest BCUT2D eigenvalue weighted by Gasteiger charge is -2.50. The Bertz CT molecular complexity index is 427. The van der Waals surface area contributed by atoms with Gasteiger partial charge in [0.05, 0.1) is 6.10 Å². The van der Waals surface area contributed by atoms with E-state index in [1.54, 1.807) is 0 Å². The third-order valence-electron chi connectivity index (χ3n) is 4.05. The first-order valence-corrected chi connectivity index (χ1v) is 6.21. The molecule has 100 valence electrons. The zero-order chi connectivity index (χ0) is 13.5. The summed E-state index contributed by atoms with van der Waals surface area (Å²) in [5, 5.41) is 13.0. The van der Waals surface area contributed by atoms with Gasteiger partial charge in [-0.25, -0.2) is 8.78 Å². The van der Waals surface area contributed by atoms with Gasteiger partial charge in [-0.3, -0.25) is 0 Å². The molecule has 1 fully saturated rings. The zero-order valence-electron chi connectivity index (χ0n) is 10.9. The summed E-state index contributed by atoms with van der Waals surface area (Å²) in [7, 11) is 0. The number of benzene rings is 1. The van der Waals surface area contributed by atoms with Crippen molar-refractivity contribution in [3.63, 3.8) is 0 Å². The maximum Gasteiger partial charge on any atom is 0.126 e. The summed E-state index contributed by atoms with van der Waals surface area (Å²) in [6, 6.07) is 3.56. The van der Waals surface area contributed by atoms with E-state index in [1.165, 1.54) is 12.1 Å². The van der Waals surface area contributed by atoms with Crippen molar-refractivity contribution in [2.45, 2.75) is 45.4 Å². The highest BCUT2D eigenvalue weighted by atomic mass is 19.1. The van der Waals surface area contributed by atoms with E-state index in [-0.39, 0.29) is 23.6 Å². The molecule has 0 amide bonds. The fraction of sp³-hybridized carbons (Fsp3) is 0.571. The Hall–Kier alpha value is -1.00. The summed E-state index contributed by atoms with van der Waals surface area (Å²) in [4.78, 5) is 0. The van der Waals surface area contributed by atoms with Gasteiger partial charge in [0.15, 0.2) is 0 Å². The first-order valence-electron chi connectivity index (χ1n) is 6.21. The van der Waals surface area contributed by atoms with Gasteiger partial charge in [0.25, 0.3) is 0 Å². The first kappa shape index (κ1) is 13.4. The molecule has 2 nitrogen and oxygen atoms in total. The molecule has 3 unspecified atom stereocenters. The van der Waals surface area contributed by atoms with E-state index < -0.39 is 11.6 Å². The molecule has 0 heterocycles. The Balaban J connectivity index is 2.06. The first-order chi connectivity index (χ1) is 8.30. The molecule has 18 heavy (non-hydrogen) atoms. The normalized spacial score (nSPS) is 27.7. The van der Waals surface area contributed by atoms with E-state index in [2.05, 4.69) is 5.32 Å². The summed E-state index contributed by atoms with van der Waals surface area (Å²) in [6.07, 6.45) is 0.362. The van der Waals surface area contributed by atoms with E-state index in [0.717, 1.165) is 6.07 Å². The molecule has 2 N–H and O–H groups in total. The van der Waals surface area contributed by atoms with Crippen LogP contribution in [0.4, 0.5) is 8.78 Å². The van der Waals surface area contributed by atoms with Crippen LogP contribution in [0, 0.1) is 17.0 Å². The maximum absolute atomic E-state index is 13.1. The topological polar surface area (TPSA) is 32.3 Å². The minimum absolute atomic E-state index is 0.146. The van der Waals surface area contributed by atoms with E-state index >= 15 is 0 Å². The van der Waals surface area contributed by atoms with Gasteiger partial charge in [-0.2, -0.15) is 0 Å². The molecule has 0 spiro atoms. The van der Waals surface area contributed by atoms with Gasteiger partial charge < -0.3 is 10.4 Å². The number of halogens is 2. The van der Waals surface area contributed by atoms with Crippen molar-refractivity contribution < 1.29 is 13.9 Å². The molecule has 3 atom stereocenters. The van der Waals surface area contributed by atoms with Crippen LogP contribution < -0.4 is 5.32 Å². The monoisotopic (exact) mass is 255 g/mol. The van der Waals surface area contributed by atoms with Gasteiger partial charge in [-0.15, -0.1) is 0 Å². The standard InChI is InChI=1S/C14H19F2NO/c1-8(9-4-10(15)6-11(16)5-9)17-12-7-13(18)14(12,2)3/h4-6,8,12-13,17-18H,7H2,1-3H3. The van der Waals surface area contributed by atoms with Crippen LogP contribution in [0.3, 0.4) is 0 Å². The van der Waals surface area contributed by atoms with Crippen LogP contribution >= 0.6 is 0 Å². The van der Waals surface area contributed by atoms with Crippen LogP contribution in [-0.4, -0.2) is 17.3 Å². The number of rotatable bonds is 3. The lowest BCUT2D eigenvalue weighted by atomic mass is 9.64. The Morgan fingerprint density at radius 2 is 1.83 bits per heavy atom. The average molecular weight is 255 g/mol. The lowest BCUT2D eigenvalue weighted by Crippen LogP contribution is -2.60. The van der Waals surface area contributed by atoms with Crippen LogP contribution in [0.5, 0.6) is 0 Å². The summed E-state index contributed by atoms with van der Waals surface area (Å²) >= 11 is 0. The second kappa shape index (κ2) is 4.59. The molecule has 0 radical (unpaired) electrons. The van der Waals surface area contributed by atoms with Crippen molar-refractivity contribution in [2.24, 2.45) is 5.41 Å². The molecule has 1 aliphatic rings. The van der Waals surface area contributed by atoms with Crippen molar-refractivity contribution in [3.8, 4) is 0 Å². The van der Waals surface area contributed by atoms with Crippen LogP contribution in [0.25, 0.3) is 0 Å². The van der Waals surface area contributed by atoms with Crippen molar-refractivity contribution in [1.29, 1.82) is 0 Å². The molecule has 0 aromatic heterocycles. The quantitative estimate of drug-likeness (QED) is 0.870. The van der Waals surface area contributed by atoms with Crippen molar-refractivity contribution in [1.82, 2.24) is 5.32 Å². The number of hydrogen-bond donors (Lipinski definition) is 2. The SMILES string of the molecule is CC(NC1CC(O)C1(C)C)c1cc(F)cc(F)c1. The predicted octanol–water partition coefficient (Wildman–Crippen LogP) is 2.77. The molecule has 0 aliphatic heterocycles. The Labute approximate surface area is 106 Å². The van der Waals surface area contributed by atoms with E-state index in [9.17, 15) is 13.9 Å². The Kier molecular flexibility index (Phi) is 3.43. The van der Waals surface area contributed by atoms with Crippen molar-refractivity contribution in [3.05, 3.63) is 35.4 Å². The summed E-state index contributed by atoms with van der Waals surface area (Å²) in [6.45, 7) is 5.84. The van der Waals surface area contributed by atoms with E-state index in [4.69, 9.17) is 0 Å². The highest BCUT2D eigenvalue weighted by Gasteiger charge is 2.47. The third kappa shape index (κ3) is 2.40. The predicted molar refractivity (Wildman–Crippen MR) is 66.1 cm³/mol. The molecular formula is C14H19F2NO. The van der Waals surface area contributed by atoms with Crippen molar-refractivity contribution in [2.75, 3.05) is 0 Å². The molecule has 0 bridgehead atoms. The van der Waals surface area contributed by atoms with Crippen LogP contribution in [0.15, 0.2) is 18.2 Å². The summed E-state index contributed by atoms with van der Waals surface area (Å²) < 4.78 is 26.3. The molecule has 0 saturated heterocycles. The fourth-order valence-corrected chi connectivity index (χ4v) is 2.41. The minimum Gasteiger partial charge on any atom is -0.392 e. The smallest absolute Gasteiger partial charge is 0.126 e. The summed E-state index contributed by atoms with van der Waals surface area (Å²) in [5.41, 5.74) is 0.393. The number of nitrogens with one attached hydrogen (secondary N) is 1. The molecule has 2 rings (SSSR count). The number of aliphatic hydroxyl groups is 1. The molecule has 1 aromatic carbocycles. The number of hydrogen-bond acceptors (Lipinski definition) is 2. The van der Waals surface area contributed by atoms with Gasteiger partial charge in [0.2, 0.25) is 0 Å². The fourth-order valence-electron chi connectivity index (χ4n) is 2.41. The molecule has 1 saturated carbocycles. The second-order valence-electron chi connectivity index (χ2n) is 5.72. The Morgan fingerprint density at radius 1 is 1.28 bits per heavy atom. The molecular weight excluding hydrogens is 236 g/mol. The zero-order valence-corrected chi connectivity index (χ0v) is 10.9. The van der Waals surface area contributed by atoms with Gasteiger partial charge in [0, 0.05) is 23.6 Å².